The third kappa shape index (κ3) is 3.65. The number of hydrogen-bond donors (Lipinski definition) is 1. The van der Waals surface area contributed by atoms with Crippen molar-refractivity contribution in [3.05, 3.63) is 35.4 Å². The summed E-state index contributed by atoms with van der Waals surface area (Å²) < 4.78 is 0. The average molecular weight is 288 g/mol. The van der Waals surface area contributed by atoms with Gasteiger partial charge in [0.1, 0.15) is 0 Å². The van der Waals surface area contributed by atoms with Crippen LogP contribution in [0.2, 0.25) is 0 Å². The number of hydrogen-bond acceptors (Lipinski definition) is 2. The summed E-state index contributed by atoms with van der Waals surface area (Å²) in [6.07, 6.45) is 1.05. The Morgan fingerprint density at radius 1 is 1.29 bits per heavy atom. The first-order valence-electron chi connectivity index (χ1n) is 7.93. The van der Waals surface area contributed by atoms with Gasteiger partial charge in [-0.25, -0.2) is 0 Å². The second kappa shape index (κ2) is 6.18. The number of likely N-dealkylation sites (tertiary alicyclic amines) is 1. The first kappa shape index (κ1) is 16.0. The molecule has 0 saturated carbocycles. The van der Waals surface area contributed by atoms with Crippen molar-refractivity contribution in [2.75, 3.05) is 19.6 Å². The van der Waals surface area contributed by atoms with E-state index in [-0.39, 0.29) is 11.3 Å². The Balaban J connectivity index is 2.10. The van der Waals surface area contributed by atoms with Crippen LogP contribution in [0, 0.1) is 11.8 Å². The Bertz CT molecular complexity index is 487. The molecule has 1 amide bonds. The maximum atomic E-state index is 12.6. The Morgan fingerprint density at radius 2 is 1.90 bits per heavy atom. The molecule has 1 fully saturated rings. The Labute approximate surface area is 128 Å². The van der Waals surface area contributed by atoms with E-state index in [1.165, 1.54) is 5.56 Å². The topological polar surface area (TPSA) is 46.3 Å². The lowest BCUT2D eigenvalue weighted by molar-refractivity contribution is 0.0618. The number of carbonyl (C=O) groups excluding carboxylic acids is 1. The lowest BCUT2D eigenvalue weighted by Gasteiger charge is -2.36. The molecule has 1 aliphatic heterocycles. The van der Waals surface area contributed by atoms with E-state index in [0.29, 0.717) is 18.4 Å². The van der Waals surface area contributed by atoms with Gasteiger partial charge in [-0.3, -0.25) is 4.79 Å². The van der Waals surface area contributed by atoms with E-state index in [2.05, 4.69) is 39.8 Å². The third-order valence-corrected chi connectivity index (χ3v) is 4.70. The first-order valence-corrected chi connectivity index (χ1v) is 7.93. The molecule has 0 aliphatic carbocycles. The molecule has 2 atom stereocenters. The Hall–Kier alpha value is -1.35. The van der Waals surface area contributed by atoms with E-state index in [1.54, 1.807) is 0 Å². The van der Waals surface area contributed by atoms with Gasteiger partial charge < -0.3 is 10.6 Å². The number of rotatable bonds is 2. The van der Waals surface area contributed by atoms with Crippen molar-refractivity contribution >= 4 is 5.91 Å². The lowest BCUT2D eigenvalue weighted by Crippen LogP contribution is -2.45. The van der Waals surface area contributed by atoms with Crippen LogP contribution in [-0.2, 0) is 5.41 Å². The fourth-order valence-corrected chi connectivity index (χ4v) is 2.94. The van der Waals surface area contributed by atoms with Gasteiger partial charge in [0.15, 0.2) is 0 Å². The molecule has 2 rings (SSSR count). The monoisotopic (exact) mass is 288 g/mol. The van der Waals surface area contributed by atoms with E-state index >= 15 is 0 Å². The van der Waals surface area contributed by atoms with Crippen LogP contribution in [-0.4, -0.2) is 30.4 Å². The molecule has 2 unspecified atom stereocenters. The molecule has 1 saturated heterocycles. The molecule has 3 nitrogen and oxygen atoms in total. The summed E-state index contributed by atoms with van der Waals surface area (Å²) in [6.45, 7) is 11.1. The minimum Gasteiger partial charge on any atom is -0.338 e. The van der Waals surface area contributed by atoms with E-state index in [0.717, 1.165) is 25.1 Å². The first-order chi connectivity index (χ1) is 9.82. The second-order valence-electron chi connectivity index (χ2n) is 7.34. The predicted molar refractivity (Wildman–Crippen MR) is 87.4 cm³/mol. The van der Waals surface area contributed by atoms with E-state index < -0.39 is 0 Å². The minimum absolute atomic E-state index is 0.118. The summed E-state index contributed by atoms with van der Waals surface area (Å²) in [6, 6.07) is 8.05. The highest BCUT2D eigenvalue weighted by Gasteiger charge is 2.28. The van der Waals surface area contributed by atoms with Crippen LogP contribution < -0.4 is 5.73 Å². The van der Waals surface area contributed by atoms with Crippen LogP contribution >= 0.6 is 0 Å². The largest absolute Gasteiger partial charge is 0.338 e. The van der Waals surface area contributed by atoms with Gasteiger partial charge >= 0.3 is 0 Å². The maximum Gasteiger partial charge on any atom is 0.253 e. The Kier molecular flexibility index (Phi) is 4.72. The quantitative estimate of drug-likeness (QED) is 0.909. The summed E-state index contributed by atoms with van der Waals surface area (Å²) in [5.74, 6) is 1.18. The zero-order valence-corrected chi connectivity index (χ0v) is 13.7. The highest BCUT2D eigenvalue weighted by atomic mass is 16.2. The second-order valence-corrected chi connectivity index (χ2v) is 7.34. The average Bonchev–Trinajstić information content (AvgIpc) is 2.46. The molecule has 1 aromatic rings. The summed E-state index contributed by atoms with van der Waals surface area (Å²) >= 11 is 0. The van der Waals surface area contributed by atoms with Gasteiger partial charge in [0, 0.05) is 18.7 Å². The summed E-state index contributed by atoms with van der Waals surface area (Å²) in [5, 5.41) is 0. The summed E-state index contributed by atoms with van der Waals surface area (Å²) in [5.41, 5.74) is 7.98. The molecular weight excluding hydrogens is 260 g/mol. The van der Waals surface area contributed by atoms with E-state index in [1.807, 2.05) is 17.0 Å². The fraction of sp³-hybridized carbons (Fsp3) is 0.611. The molecule has 2 N–H and O–H groups in total. The number of nitrogens with zero attached hydrogens (tertiary/aromatic N) is 1. The molecule has 1 heterocycles. The lowest BCUT2D eigenvalue weighted by atomic mass is 9.86. The zero-order valence-electron chi connectivity index (χ0n) is 13.7. The van der Waals surface area contributed by atoms with Gasteiger partial charge in [0.05, 0.1) is 0 Å². The number of nitrogens with two attached hydrogens (primary N) is 1. The fourth-order valence-electron chi connectivity index (χ4n) is 2.94. The maximum absolute atomic E-state index is 12.6. The summed E-state index contributed by atoms with van der Waals surface area (Å²) in [4.78, 5) is 14.6. The molecule has 0 aromatic heterocycles. The van der Waals surface area contributed by atoms with Gasteiger partial charge in [-0.2, -0.15) is 0 Å². The van der Waals surface area contributed by atoms with Gasteiger partial charge in [-0.1, -0.05) is 39.8 Å². The number of amides is 1. The zero-order chi connectivity index (χ0) is 15.6. The van der Waals surface area contributed by atoms with E-state index in [9.17, 15) is 4.79 Å². The molecular formula is C18H28N2O. The van der Waals surface area contributed by atoms with Crippen LogP contribution in [0.4, 0.5) is 0 Å². The predicted octanol–water partition coefficient (Wildman–Crippen LogP) is 3.04. The van der Waals surface area contributed by atoms with Crippen LogP contribution in [0.5, 0.6) is 0 Å². The molecule has 0 radical (unpaired) electrons. The van der Waals surface area contributed by atoms with Crippen LogP contribution in [0.25, 0.3) is 0 Å². The van der Waals surface area contributed by atoms with Crippen LogP contribution in [0.15, 0.2) is 24.3 Å². The van der Waals surface area contributed by atoms with Gasteiger partial charge in [-0.15, -0.1) is 0 Å². The number of carbonyl (C=O) groups is 1. The number of piperidine rings is 1. The van der Waals surface area contributed by atoms with Crippen molar-refractivity contribution in [3.8, 4) is 0 Å². The van der Waals surface area contributed by atoms with Crippen LogP contribution in [0.1, 0.15) is 50.0 Å². The van der Waals surface area contributed by atoms with Crippen molar-refractivity contribution in [1.82, 2.24) is 4.90 Å². The molecule has 1 aromatic carbocycles. The minimum atomic E-state index is 0.118. The normalized spacial score (nSPS) is 23.2. The van der Waals surface area contributed by atoms with Gasteiger partial charge in [0.2, 0.25) is 0 Å². The molecule has 116 valence electrons. The highest BCUT2D eigenvalue weighted by molar-refractivity contribution is 5.94. The third-order valence-electron chi connectivity index (χ3n) is 4.70. The molecule has 1 aliphatic rings. The van der Waals surface area contributed by atoms with Crippen molar-refractivity contribution in [2.24, 2.45) is 17.6 Å². The standard InChI is InChI=1S/C18H28N2O/c1-13-9-10-20(12-15(13)11-19)17(21)14-5-7-16(8-6-14)18(2,3)4/h5-8,13,15H,9-12,19H2,1-4H3. The van der Waals surface area contributed by atoms with Crippen molar-refractivity contribution < 1.29 is 4.79 Å². The molecule has 21 heavy (non-hydrogen) atoms. The summed E-state index contributed by atoms with van der Waals surface area (Å²) in [7, 11) is 0. The van der Waals surface area contributed by atoms with E-state index in [4.69, 9.17) is 5.73 Å². The molecule has 0 bridgehead atoms. The Morgan fingerprint density at radius 3 is 2.43 bits per heavy atom. The van der Waals surface area contributed by atoms with Crippen molar-refractivity contribution in [1.29, 1.82) is 0 Å². The van der Waals surface area contributed by atoms with Crippen LogP contribution in [0.3, 0.4) is 0 Å². The number of benzene rings is 1. The van der Waals surface area contributed by atoms with Gasteiger partial charge in [-0.05, 0) is 47.9 Å². The SMILES string of the molecule is CC1CCN(C(=O)c2ccc(C(C)(C)C)cc2)CC1CN. The smallest absolute Gasteiger partial charge is 0.253 e. The molecule has 3 heteroatoms. The van der Waals surface area contributed by atoms with Gasteiger partial charge in [0.25, 0.3) is 5.91 Å². The van der Waals surface area contributed by atoms with Crippen molar-refractivity contribution in [3.63, 3.8) is 0 Å². The molecule has 0 spiro atoms. The highest BCUT2D eigenvalue weighted by Crippen LogP contribution is 2.25. The van der Waals surface area contributed by atoms with Crippen molar-refractivity contribution in [2.45, 2.75) is 39.5 Å².